The Labute approximate surface area is 124 Å². The number of nitrogens with zero attached hydrogens (tertiary/aromatic N) is 1. The van der Waals surface area contributed by atoms with E-state index in [9.17, 15) is 9.59 Å². The van der Waals surface area contributed by atoms with E-state index in [0.717, 1.165) is 10.6 Å². The van der Waals surface area contributed by atoms with Crippen molar-refractivity contribution in [2.75, 3.05) is 0 Å². The number of amides is 1. The van der Waals surface area contributed by atoms with Crippen LogP contribution in [-0.4, -0.2) is 28.0 Å². The quantitative estimate of drug-likeness (QED) is 0.858. The number of thiazole rings is 1. The van der Waals surface area contributed by atoms with Crippen molar-refractivity contribution in [1.82, 2.24) is 10.3 Å². The second kappa shape index (κ2) is 6.62. The summed E-state index contributed by atoms with van der Waals surface area (Å²) in [5.41, 5.74) is 1.71. The summed E-state index contributed by atoms with van der Waals surface area (Å²) in [5, 5.41) is 18.1. The number of hydrogen-bond donors (Lipinski definition) is 2. The second-order valence-corrected chi connectivity index (χ2v) is 5.84. The van der Waals surface area contributed by atoms with Crippen molar-refractivity contribution >= 4 is 34.6 Å². The van der Waals surface area contributed by atoms with E-state index in [1.54, 1.807) is 18.3 Å². The van der Waals surface area contributed by atoms with Crippen molar-refractivity contribution in [2.45, 2.75) is 25.8 Å². The highest BCUT2D eigenvalue weighted by Gasteiger charge is 2.18. The summed E-state index contributed by atoms with van der Waals surface area (Å²) in [5.74, 6) is -1.33. The molecular weight excluding hydrogens is 296 g/mol. The van der Waals surface area contributed by atoms with E-state index in [4.69, 9.17) is 5.11 Å². The molecule has 2 aromatic rings. The van der Waals surface area contributed by atoms with Crippen LogP contribution in [0.25, 0.3) is 10.6 Å². The molecule has 2 rings (SSSR count). The first-order valence-electron chi connectivity index (χ1n) is 6.09. The van der Waals surface area contributed by atoms with Gasteiger partial charge < -0.3 is 10.4 Å². The molecule has 0 aliphatic carbocycles. The van der Waals surface area contributed by atoms with Crippen LogP contribution in [0.4, 0.5) is 0 Å². The van der Waals surface area contributed by atoms with Gasteiger partial charge in [-0.1, -0.05) is 6.92 Å². The molecule has 0 aliphatic rings. The Hall–Kier alpha value is -1.73. The standard InChI is InChI=1S/C13H14N2O3S2/c1-2-10(13(17)18)15-11(16)5-9-7-20-12(14-9)8-3-4-19-6-8/h3-4,6-7,10H,2,5H2,1H3,(H,15,16)(H,17,18). The first kappa shape index (κ1) is 14.7. The SMILES string of the molecule is CCC(NC(=O)Cc1csc(-c2ccsc2)n1)C(=O)O. The first-order chi connectivity index (χ1) is 9.60. The number of rotatable bonds is 6. The van der Waals surface area contributed by atoms with Crippen molar-refractivity contribution in [2.24, 2.45) is 0 Å². The summed E-state index contributed by atoms with van der Waals surface area (Å²) in [7, 11) is 0. The van der Waals surface area contributed by atoms with E-state index in [1.165, 1.54) is 11.3 Å². The van der Waals surface area contributed by atoms with Gasteiger partial charge in [0.05, 0.1) is 12.1 Å². The van der Waals surface area contributed by atoms with Crippen molar-refractivity contribution in [1.29, 1.82) is 0 Å². The number of carboxylic acids is 1. The molecule has 2 heterocycles. The number of aliphatic carboxylic acids is 1. The molecule has 0 saturated carbocycles. The largest absolute Gasteiger partial charge is 0.480 e. The molecule has 1 atom stereocenters. The zero-order valence-corrected chi connectivity index (χ0v) is 12.5. The van der Waals surface area contributed by atoms with E-state index >= 15 is 0 Å². The fraction of sp³-hybridized carbons (Fsp3) is 0.308. The van der Waals surface area contributed by atoms with Crippen molar-refractivity contribution in [3.8, 4) is 10.6 Å². The lowest BCUT2D eigenvalue weighted by Gasteiger charge is -2.11. The minimum absolute atomic E-state index is 0.102. The number of carboxylic acid groups (broad SMARTS) is 1. The normalized spacial score (nSPS) is 12.1. The van der Waals surface area contributed by atoms with Gasteiger partial charge in [0.1, 0.15) is 11.0 Å². The van der Waals surface area contributed by atoms with Gasteiger partial charge in [-0.2, -0.15) is 11.3 Å². The van der Waals surface area contributed by atoms with Gasteiger partial charge in [0, 0.05) is 16.3 Å². The number of aromatic nitrogens is 1. The summed E-state index contributed by atoms with van der Waals surface area (Å²) in [6, 6.07) is 1.14. The molecule has 1 unspecified atom stereocenters. The third-order valence-corrected chi connectivity index (χ3v) is 4.33. The minimum atomic E-state index is -1.02. The van der Waals surface area contributed by atoms with Crippen LogP contribution < -0.4 is 5.32 Å². The molecule has 0 spiro atoms. The summed E-state index contributed by atoms with van der Waals surface area (Å²) in [4.78, 5) is 27.0. The molecular formula is C13H14N2O3S2. The van der Waals surface area contributed by atoms with Gasteiger partial charge in [0.15, 0.2) is 0 Å². The van der Waals surface area contributed by atoms with Crippen molar-refractivity contribution in [3.05, 3.63) is 27.9 Å². The Balaban J connectivity index is 1.97. The summed E-state index contributed by atoms with van der Waals surface area (Å²) >= 11 is 3.07. The molecule has 5 nitrogen and oxygen atoms in total. The summed E-state index contributed by atoms with van der Waals surface area (Å²) < 4.78 is 0. The van der Waals surface area contributed by atoms with Gasteiger partial charge in [0.2, 0.25) is 5.91 Å². The number of hydrogen-bond acceptors (Lipinski definition) is 5. The van der Waals surface area contributed by atoms with Gasteiger partial charge in [-0.15, -0.1) is 11.3 Å². The molecule has 0 fully saturated rings. The zero-order chi connectivity index (χ0) is 14.5. The van der Waals surface area contributed by atoms with Crippen molar-refractivity contribution in [3.63, 3.8) is 0 Å². The van der Waals surface area contributed by atoms with Crippen LogP contribution in [0, 0.1) is 0 Å². The van der Waals surface area contributed by atoms with E-state index in [-0.39, 0.29) is 12.3 Å². The Bertz CT molecular complexity index is 593. The monoisotopic (exact) mass is 310 g/mol. The predicted molar refractivity (Wildman–Crippen MR) is 79.0 cm³/mol. The van der Waals surface area contributed by atoms with Gasteiger partial charge in [-0.05, 0) is 17.9 Å². The molecule has 0 aromatic carbocycles. The second-order valence-electron chi connectivity index (χ2n) is 4.20. The van der Waals surface area contributed by atoms with Crippen molar-refractivity contribution < 1.29 is 14.7 Å². The highest BCUT2D eigenvalue weighted by Crippen LogP contribution is 2.25. The van der Waals surface area contributed by atoms with Crippen LogP contribution in [0.2, 0.25) is 0 Å². The van der Waals surface area contributed by atoms with Crippen LogP contribution in [-0.2, 0) is 16.0 Å². The molecule has 0 bridgehead atoms. The average molecular weight is 310 g/mol. The van der Waals surface area contributed by atoms with Gasteiger partial charge >= 0.3 is 5.97 Å². The molecule has 20 heavy (non-hydrogen) atoms. The van der Waals surface area contributed by atoms with Gasteiger partial charge in [-0.3, -0.25) is 4.79 Å². The number of carbonyl (C=O) groups is 2. The lowest BCUT2D eigenvalue weighted by atomic mass is 10.2. The molecule has 106 valence electrons. The molecule has 0 radical (unpaired) electrons. The maximum Gasteiger partial charge on any atom is 0.326 e. The van der Waals surface area contributed by atoms with E-state index < -0.39 is 12.0 Å². The topological polar surface area (TPSA) is 79.3 Å². The van der Waals surface area contributed by atoms with Gasteiger partial charge in [0.25, 0.3) is 0 Å². The number of carbonyl (C=O) groups excluding carboxylic acids is 1. The average Bonchev–Trinajstić information content (AvgIpc) is 3.05. The van der Waals surface area contributed by atoms with Crippen LogP contribution >= 0.6 is 22.7 Å². The Morgan fingerprint density at radius 3 is 2.85 bits per heavy atom. The maximum atomic E-state index is 11.8. The number of nitrogens with one attached hydrogen (secondary N) is 1. The smallest absolute Gasteiger partial charge is 0.326 e. The highest BCUT2D eigenvalue weighted by molar-refractivity contribution is 7.14. The van der Waals surface area contributed by atoms with Crippen LogP contribution in [0.1, 0.15) is 19.0 Å². The fourth-order valence-electron chi connectivity index (χ4n) is 1.66. The molecule has 0 aliphatic heterocycles. The Kier molecular flexibility index (Phi) is 4.86. The van der Waals surface area contributed by atoms with E-state index in [0.29, 0.717) is 12.1 Å². The lowest BCUT2D eigenvalue weighted by Crippen LogP contribution is -2.41. The molecule has 7 heteroatoms. The lowest BCUT2D eigenvalue weighted by molar-refractivity contribution is -0.141. The third kappa shape index (κ3) is 3.64. The Morgan fingerprint density at radius 1 is 1.45 bits per heavy atom. The Morgan fingerprint density at radius 2 is 2.25 bits per heavy atom. The maximum absolute atomic E-state index is 11.8. The zero-order valence-electron chi connectivity index (χ0n) is 10.8. The minimum Gasteiger partial charge on any atom is -0.480 e. The highest BCUT2D eigenvalue weighted by atomic mass is 32.1. The first-order valence-corrected chi connectivity index (χ1v) is 7.91. The predicted octanol–water partition coefficient (Wildman–Crippen LogP) is 2.39. The number of thiophene rings is 1. The molecule has 2 aromatic heterocycles. The molecule has 2 N–H and O–H groups in total. The van der Waals surface area contributed by atoms with Crippen LogP contribution in [0.3, 0.4) is 0 Å². The summed E-state index contributed by atoms with van der Waals surface area (Å²) in [6.45, 7) is 1.72. The van der Waals surface area contributed by atoms with E-state index in [2.05, 4.69) is 10.3 Å². The summed E-state index contributed by atoms with van der Waals surface area (Å²) in [6.07, 6.45) is 0.461. The molecule has 0 saturated heterocycles. The van der Waals surface area contributed by atoms with Gasteiger partial charge in [-0.25, -0.2) is 9.78 Å². The molecule has 1 amide bonds. The van der Waals surface area contributed by atoms with Crippen LogP contribution in [0.5, 0.6) is 0 Å². The van der Waals surface area contributed by atoms with E-state index in [1.807, 2.05) is 22.2 Å². The third-order valence-electron chi connectivity index (χ3n) is 2.70. The fourth-order valence-corrected chi connectivity index (χ4v) is 3.19. The van der Waals surface area contributed by atoms with Crippen LogP contribution in [0.15, 0.2) is 22.2 Å².